The van der Waals surface area contributed by atoms with Gasteiger partial charge in [-0.2, -0.15) is 0 Å². The van der Waals surface area contributed by atoms with Crippen molar-refractivity contribution in [3.63, 3.8) is 0 Å². The van der Waals surface area contributed by atoms with Crippen LogP contribution in [0.1, 0.15) is 30.1 Å². The van der Waals surface area contributed by atoms with Crippen LogP contribution in [0.25, 0.3) is 0 Å². The Balaban J connectivity index is 1.66. The van der Waals surface area contributed by atoms with E-state index in [4.69, 9.17) is 23.2 Å². The average Bonchev–Trinajstić information content (AvgIpc) is 3.35. The number of aliphatic hydroxyl groups is 1. The highest BCUT2D eigenvalue weighted by molar-refractivity contribution is 6.32. The summed E-state index contributed by atoms with van der Waals surface area (Å²) >= 11 is 12.1. The molecule has 0 aromatic heterocycles. The van der Waals surface area contributed by atoms with Crippen LogP contribution in [-0.2, 0) is 10.2 Å². The van der Waals surface area contributed by atoms with E-state index in [2.05, 4.69) is 5.32 Å². The van der Waals surface area contributed by atoms with E-state index in [0.717, 1.165) is 24.0 Å². The van der Waals surface area contributed by atoms with Crippen LogP contribution in [0, 0.1) is 0 Å². The number of hydrogen-bond donors (Lipinski definition) is 2. The van der Waals surface area contributed by atoms with Crippen molar-refractivity contribution in [1.29, 1.82) is 0 Å². The molecule has 2 aromatic rings. The molecule has 2 aromatic carbocycles. The molecular weight excluding hydrogens is 333 g/mol. The lowest BCUT2D eigenvalue weighted by Crippen LogP contribution is -2.37. The molecule has 0 spiro atoms. The third-order valence-corrected chi connectivity index (χ3v) is 4.87. The molecule has 2 N–H and O–H groups in total. The number of carbonyl (C=O) groups excluding carboxylic acids is 1. The van der Waals surface area contributed by atoms with Gasteiger partial charge < -0.3 is 10.4 Å². The van der Waals surface area contributed by atoms with E-state index in [9.17, 15) is 9.90 Å². The monoisotopic (exact) mass is 349 g/mol. The summed E-state index contributed by atoms with van der Waals surface area (Å²) in [6, 6.07) is 14.4. The van der Waals surface area contributed by atoms with Crippen LogP contribution in [0.4, 0.5) is 0 Å². The average molecular weight is 350 g/mol. The maximum atomic E-state index is 12.6. The van der Waals surface area contributed by atoms with Gasteiger partial charge in [-0.1, -0.05) is 53.5 Å². The molecule has 3 nitrogen and oxygen atoms in total. The largest absolute Gasteiger partial charge is 0.387 e. The normalized spacial score (nSPS) is 16.7. The number of rotatable bonds is 5. The van der Waals surface area contributed by atoms with Crippen molar-refractivity contribution in [2.75, 3.05) is 6.54 Å². The van der Waals surface area contributed by atoms with E-state index in [-0.39, 0.29) is 12.5 Å². The number of hydrogen-bond acceptors (Lipinski definition) is 2. The number of nitrogens with one attached hydrogen (secondary N) is 1. The fourth-order valence-electron chi connectivity index (χ4n) is 2.75. The summed E-state index contributed by atoms with van der Waals surface area (Å²) in [4.78, 5) is 12.6. The van der Waals surface area contributed by atoms with Gasteiger partial charge in [0, 0.05) is 16.6 Å². The Kier molecular flexibility index (Phi) is 4.62. The summed E-state index contributed by atoms with van der Waals surface area (Å²) in [6.45, 7) is 0.159. The molecule has 3 rings (SSSR count). The van der Waals surface area contributed by atoms with Crippen molar-refractivity contribution in [1.82, 2.24) is 5.32 Å². The lowest BCUT2D eigenvalue weighted by Gasteiger charge is -2.19. The smallest absolute Gasteiger partial charge is 0.230 e. The maximum absolute atomic E-state index is 12.6. The fraction of sp³-hybridized carbons (Fsp3) is 0.278. The van der Waals surface area contributed by atoms with E-state index in [1.165, 1.54) is 0 Å². The molecular formula is C18H17Cl2NO2. The summed E-state index contributed by atoms with van der Waals surface area (Å²) in [5, 5.41) is 14.3. The molecule has 1 unspecified atom stereocenters. The topological polar surface area (TPSA) is 49.3 Å². The molecule has 0 radical (unpaired) electrons. The van der Waals surface area contributed by atoms with Crippen molar-refractivity contribution in [2.45, 2.75) is 24.4 Å². The van der Waals surface area contributed by atoms with Crippen LogP contribution in [0.2, 0.25) is 10.0 Å². The van der Waals surface area contributed by atoms with Crippen LogP contribution in [0.15, 0.2) is 48.5 Å². The Morgan fingerprint density at radius 1 is 1.13 bits per heavy atom. The molecule has 1 aliphatic rings. The van der Waals surface area contributed by atoms with Gasteiger partial charge in [-0.05, 0) is 42.2 Å². The van der Waals surface area contributed by atoms with E-state index >= 15 is 0 Å². The predicted octanol–water partition coefficient (Wildman–Crippen LogP) is 3.87. The van der Waals surface area contributed by atoms with Crippen molar-refractivity contribution >= 4 is 29.1 Å². The molecule has 1 fully saturated rings. The molecule has 1 saturated carbocycles. The molecule has 0 aliphatic heterocycles. The van der Waals surface area contributed by atoms with Crippen molar-refractivity contribution < 1.29 is 9.90 Å². The summed E-state index contributed by atoms with van der Waals surface area (Å²) < 4.78 is 0. The number of halogens is 2. The number of benzene rings is 2. The third-order valence-electron chi connectivity index (χ3n) is 4.28. The Morgan fingerprint density at radius 3 is 2.39 bits per heavy atom. The van der Waals surface area contributed by atoms with E-state index < -0.39 is 11.5 Å². The first kappa shape index (κ1) is 16.3. The number of carbonyl (C=O) groups is 1. The first-order valence-corrected chi connectivity index (χ1v) is 8.25. The van der Waals surface area contributed by atoms with Crippen molar-refractivity contribution in [3.05, 3.63) is 69.7 Å². The summed E-state index contributed by atoms with van der Waals surface area (Å²) in [5.74, 6) is -0.0846. The first-order valence-electron chi connectivity index (χ1n) is 7.50. The van der Waals surface area contributed by atoms with Crippen molar-refractivity contribution in [2.24, 2.45) is 0 Å². The fourth-order valence-corrected chi connectivity index (χ4v) is 3.20. The van der Waals surface area contributed by atoms with Gasteiger partial charge in [0.25, 0.3) is 0 Å². The summed E-state index contributed by atoms with van der Waals surface area (Å²) in [5.41, 5.74) is 1.04. The quantitative estimate of drug-likeness (QED) is 0.860. The van der Waals surface area contributed by atoms with Gasteiger partial charge in [0.1, 0.15) is 0 Å². The van der Waals surface area contributed by atoms with Crippen LogP contribution in [-0.4, -0.2) is 17.6 Å². The Morgan fingerprint density at radius 2 is 1.78 bits per heavy atom. The number of amides is 1. The Hall–Kier alpha value is -1.55. The zero-order valence-corrected chi connectivity index (χ0v) is 13.9. The van der Waals surface area contributed by atoms with E-state index in [1.54, 1.807) is 30.3 Å². The predicted molar refractivity (Wildman–Crippen MR) is 91.8 cm³/mol. The standard InChI is InChI=1S/C18H17Cl2NO2/c19-13-7-5-12(6-8-13)16(22)11-21-17(23)18(9-10-18)14-3-1-2-4-15(14)20/h1-8,16,22H,9-11H2,(H,21,23). The highest BCUT2D eigenvalue weighted by Gasteiger charge is 2.52. The minimum absolute atomic E-state index is 0.0846. The molecule has 1 amide bonds. The minimum Gasteiger partial charge on any atom is -0.387 e. The van der Waals surface area contributed by atoms with E-state index in [0.29, 0.717) is 10.0 Å². The first-order chi connectivity index (χ1) is 11.0. The number of aliphatic hydroxyl groups excluding tert-OH is 1. The third kappa shape index (κ3) is 3.37. The van der Waals surface area contributed by atoms with Gasteiger partial charge in [0.2, 0.25) is 5.91 Å². The highest BCUT2D eigenvalue weighted by atomic mass is 35.5. The molecule has 5 heteroatoms. The van der Waals surface area contributed by atoms with E-state index in [1.807, 2.05) is 18.2 Å². The molecule has 0 saturated heterocycles. The molecule has 1 atom stereocenters. The van der Waals surface area contributed by atoms with Gasteiger partial charge in [-0.25, -0.2) is 0 Å². The van der Waals surface area contributed by atoms with Crippen molar-refractivity contribution in [3.8, 4) is 0 Å². The van der Waals surface area contributed by atoms with Crippen LogP contribution in [0.3, 0.4) is 0 Å². The second kappa shape index (κ2) is 6.52. The zero-order chi connectivity index (χ0) is 16.4. The second-order valence-electron chi connectivity index (χ2n) is 5.84. The van der Waals surface area contributed by atoms with Gasteiger partial charge in [0.05, 0.1) is 11.5 Å². The highest BCUT2D eigenvalue weighted by Crippen LogP contribution is 2.50. The van der Waals surface area contributed by atoms with Crippen LogP contribution in [0.5, 0.6) is 0 Å². The Labute approximate surface area is 145 Å². The minimum atomic E-state index is -0.765. The summed E-state index contributed by atoms with van der Waals surface area (Å²) in [6.07, 6.45) is 0.789. The van der Waals surface area contributed by atoms with Gasteiger partial charge >= 0.3 is 0 Å². The van der Waals surface area contributed by atoms with Crippen LogP contribution < -0.4 is 5.32 Å². The van der Waals surface area contributed by atoms with Gasteiger partial charge in [-0.3, -0.25) is 4.79 Å². The SMILES string of the molecule is O=C(NCC(O)c1ccc(Cl)cc1)C1(c2ccccc2Cl)CC1. The van der Waals surface area contributed by atoms with Gasteiger partial charge in [-0.15, -0.1) is 0 Å². The Bertz CT molecular complexity index is 711. The molecule has 0 heterocycles. The maximum Gasteiger partial charge on any atom is 0.230 e. The lowest BCUT2D eigenvalue weighted by atomic mass is 9.94. The lowest BCUT2D eigenvalue weighted by molar-refractivity contribution is -0.124. The second-order valence-corrected chi connectivity index (χ2v) is 6.68. The molecule has 1 aliphatic carbocycles. The summed E-state index contributed by atoms with van der Waals surface area (Å²) in [7, 11) is 0. The van der Waals surface area contributed by atoms with Crippen LogP contribution >= 0.6 is 23.2 Å². The zero-order valence-electron chi connectivity index (χ0n) is 12.4. The molecule has 23 heavy (non-hydrogen) atoms. The molecule has 120 valence electrons. The molecule has 0 bridgehead atoms. The van der Waals surface area contributed by atoms with Gasteiger partial charge in [0.15, 0.2) is 0 Å².